The van der Waals surface area contributed by atoms with Crippen LogP contribution in [0.3, 0.4) is 0 Å². The first-order valence-corrected chi connectivity index (χ1v) is 9.48. The highest BCUT2D eigenvalue weighted by molar-refractivity contribution is 6.40. The second-order valence-electron chi connectivity index (χ2n) is 7.10. The quantitative estimate of drug-likeness (QED) is 0.805. The molecule has 146 valence electrons. The van der Waals surface area contributed by atoms with E-state index in [4.69, 9.17) is 0 Å². The molecule has 0 fully saturated rings. The molecule has 0 spiro atoms. The average molecular weight is 378 g/mol. The molecule has 1 aliphatic rings. The van der Waals surface area contributed by atoms with Crippen LogP contribution in [-0.2, 0) is 16.0 Å². The number of amides is 2. The number of benzene rings is 2. The third kappa shape index (κ3) is 5.04. The fourth-order valence-corrected chi connectivity index (χ4v) is 3.12. The van der Waals surface area contributed by atoms with Crippen molar-refractivity contribution < 1.29 is 9.59 Å². The van der Waals surface area contributed by atoms with Gasteiger partial charge in [-0.05, 0) is 38.2 Å². The number of hydrogen-bond acceptors (Lipinski definition) is 4. The van der Waals surface area contributed by atoms with Crippen molar-refractivity contribution in [3.63, 3.8) is 0 Å². The summed E-state index contributed by atoms with van der Waals surface area (Å²) < 4.78 is 0. The van der Waals surface area contributed by atoms with Gasteiger partial charge in [-0.3, -0.25) is 9.59 Å². The van der Waals surface area contributed by atoms with Gasteiger partial charge in [0.1, 0.15) is 5.71 Å². The normalized spacial score (nSPS) is 15.3. The average Bonchev–Trinajstić information content (AvgIpc) is 2.72. The van der Waals surface area contributed by atoms with Crippen LogP contribution in [0.15, 0.2) is 65.8 Å². The first-order valence-electron chi connectivity index (χ1n) is 9.48. The molecule has 6 heteroatoms. The van der Waals surface area contributed by atoms with Gasteiger partial charge >= 0.3 is 0 Å². The van der Waals surface area contributed by atoms with Gasteiger partial charge in [0.05, 0.1) is 5.69 Å². The molecule has 1 heterocycles. The second-order valence-corrected chi connectivity index (χ2v) is 7.10. The molecule has 2 amide bonds. The lowest BCUT2D eigenvalue weighted by Crippen LogP contribution is -2.45. The van der Waals surface area contributed by atoms with Gasteiger partial charge in [0, 0.05) is 25.4 Å². The minimum atomic E-state index is -0.214. The summed E-state index contributed by atoms with van der Waals surface area (Å²) in [6, 6.07) is 19.6. The molecular weight excluding hydrogens is 352 g/mol. The molecule has 0 aliphatic carbocycles. The van der Waals surface area contributed by atoms with Gasteiger partial charge in [-0.2, -0.15) is 5.10 Å². The van der Waals surface area contributed by atoms with Crippen LogP contribution in [0.25, 0.3) is 0 Å². The molecule has 2 aromatic rings. The van der Waals surface area contributed by atoms with Gasteiger partial charge in [-0.1, -0.05) is 48.5 Å². The zero-order chi connectivity index (χ0) is 19.9. The lowest BCUT2D eigenvalue weighted by atomic mass is 10.0. The van der Waals surface area contributed by atoms with Gasteiger partial charge in [0.2, 0.25) is 5.91 Å². The number of nitrogens with zero attached hydrogens (tertiary/aromatic N) is 3. The molecule has 1 N–H and O–H groups in total. The summed E-state index contributed by atoms with van der Waals surface area (Å²) in [4.78, 5) is 27.0. The lowest BCUT2D eigenvalue weighted by molar-refractivity contribution is -0.119. The van der Waals surface area contributed by atoms with E-state index in [0.29, 0.717) is 24.4 Å². The van der Waals surface area contributed by atoms with Crippen LogP contribution in [0.4, 0.5) is 5.69 Å². The third-order valence-corrected chi connectivity index (χ3v) is 4.84. The monoisotopic (exact) mass is 378 g/mol. The highest BCUT2D eigenvalue weighted by Crippen LogP contribution is 2.19. The summed E-state index contributed by atoms with van der Waals surface area (Å²) in [6.45, 7) is 0.513. The number of rotatable bonds is 7. The number of likely N-dealkylation sites (N-methyl/N-ethyl adjacent to an activating group) is 1. The van der Waals surface area contributed by atoms with Crippen molar-refractivity contribution >= 4 is 23.2 Å². The maximum atomic E-state index is 12.7. The molecule has 0 radical (unpaired) electrons. The summed E-state index contributed by atoms with van der Waals surface area (Å²) in [7, 11) is 4.02. The number of anilines is 1. The fraction of sp³-hybridized carbons (Fsp3) is 0.318. The largest absolute Gasteiger partial charge is 0.349 e. The Hall–Kier alpha value is -2.99. The van der Waals surface area contributed by atoms with Crippen LogP contribution in [0.1, 0.15) is 18.4 Å². The van der Waals surface area contributed by atoms with Crippen LogP contribution >= 0.6 is 0 Å². The first-order chi connectivity index (χ1) is 13.5. The summed E-state index contributed by atoms with van der Waals surface area (Å²) in [5.41, 5.74) is 2.29. The zero-order valence-electron chi connectivity index (χ0n) is 16.3. The minimum Gasteiger partial charge on any atom is -0.349 e. The molecule has 0 bridgehead atoms. The van der Waals surface area contributed by atoms with Crippen molar-refractivity contribution in [2.45, 2.75) is 25.3 Å². The predicted molar refractivity (Wildman–Crippen MR) is 111 cm³/mol. The topological polar surface area (TPSA) is 65.0 Å². The van der Waals surface area contributed by atoms with E-state index >= 15 is 0 Å². The number of hydrogen-bond donors (Lipinski definition) is 1. The fourth-order valence-electron chi connectivity index (χ4n) is 3.12. The van der Waals surface area contributed by atoms with Crippen LogP contribution in [-0.4, -0.2) is 49.1 Å². The van der Waals surface area contributed by atoms with E-state index in [1.54, 1.807) is 0 Å². The predicted octanol–water partition coefficient (Wildman–Crippen LogP) is 2.46. The SMILES string of the molecule is CN(C)[C@@H](CNC(=O)C1=NN(c2ccccc2)C(=O)CC1)Cc1ccccc1. The van der Waals surface area contributed by atoms with Crippen LogP contribution < -0.4 is 10.3 Å². The Kier molecular flexibility index (Phi) is 6.55. The van der Waals surface area contributed by atoms with Gasteiger partial charge in [0.25, 0.3) is 5.91 Å². The molecule has 0 unspecified atom stereocenters. The minimum absolute atomic E-state index is 0.0991. The Balaban J connectivity index is 1.65. The highest BCUT2D eigenvalue weighted by Gasteiger charge is 2.26. The van der Waals surface area contributed by atoms with Crippen molar-refractivity contribution in [3.05, 3.63) is 66.2 Å². The summed E-state index contributed by atoms with van der Waals surface area (Å²) in [5.74, 6) is -0.314. The number of carbonyl (C=O) groups is 2. The number of nitrogens with one attached hydrogen (secondary N) is 1. The highest BCUT2D eigenvalue weighted by atomic mass is 16.2. The van der Waals surface area contributed by atoms with E-state index in [9.17, 15) is 9.59 Å². The molecule has 3 rings (SSSR count). The molecule has 1 atom stereocenters. The molecule has 2 aromatic carbocycles. The Morgan fingerprint density at radius 3 is 2.36 bits per heavy atom. The Morgan fingerprint density at radius 2 is 1.71 bits per heavy atom. The summed E-state index contributed by atoms with van der Waals surface area (Å²) in [5, 5.41) is 8.63. The number of carbonyl (C=O) groups excluding carboxylic acids is 2. The van der Waals surface area contributed by atoms with E-state index in [-0.39, 0.29) is 24.3 Å². The van der Waals surface area contributed by atoms with Crippen LogP contribution in [0, 0.1) is 0 Å². The van der Waals surface area contributed by atoms with Gasteiger partial charge < -0.3 is 10.2 Å². The molecular formula is C22H26N4O2. The maximum Gasteiger partial charge on any atom is 0.267 e. The molecule has 1 aliphatic heterocycles. The van der Waals surface area contributed by atoms with Crippen molar-refractivity contribution in [1.29, 1.82) is 0 Å². The van der Waals surface area contributed by atoms with Gasteiger partial charge in [-0.25, -0.2) is 5.01 Å². The molecule has 28 heavy (non-hydrogen) atoms. The maximum absolute atomic E-state index is 12.7. The number of para-hydroxylation sites is 1. The van der Waals surface area contributed by atoms with Gasteiger partial charge in [-0.15, -0.1) is 0 Å². The van der Waals surface area contributed by atoms with E-state index in [2.05, 4.69) is 27.5 Å². The molecule has 6 nitrogen and oxygen atoms in total. The van der Waals surface area contributed by atoms with Crippen LogP contribution in [0.2, 0.25) is 0 Å². The summed E-state index contributed by atoms with van der Waals surface area (Å²) in [6.07, 6.45) is 1.48. The van der Waals surface area contributed by atoms with E-state index in [1.165, 1.54) is 10.6 Å². The van der Waals surface area contributed by atoms with Crippen molar-refractivity contribution in [3.8, 4) is 0 Å². The Bertz CT molecular complexity index is 834. The third-order valence-electron chi connectivity index (χ3n) is 4.84. The van der Waals surface area contributed by atoms with E-state index in [1.807, 2.05) is 62.6 Å². The number of hydrazone groups is 1. The van der Waals surface area contributed by atoms with Crippen molar-refractivity contribution in [2.24, 2.45) is 5.10 Å². The van der Waals surface area contributed by atoms with Crippen molar-refractivity contribution in [1.82, 2.24) is 10.2 Å². The smallest absolute Gasteiger partial charge is 0.267 e. The second kappa shape index (κ2) is 9.28. The Morgan fingerprint density at radius 1 is 1.07 bits per heavy atom. The lowest BCUT2D eigenvalue weighted by Gasteiger charge is -2.26. The first kappa shape index (κ1) is 19.8. The van der Waals surface area contributed by atoms with Gasteiger partial charge in [0.15, 0.2) is 0 Å². The van der Waals surface area contributed by atoms with Crippen LogP contribution in [0.5, 0.6) is 0 Å². The molecule has 0 saturated carbocycles. The molecule has 0 saturated heterocycles. The molecule has 0 aromatic heterocycles. The van der Waals surface area contributed by atoms with E-state index in [0.717, 1.165) is 6.42 Å². The zero-order valence-corrected chi connectivity index (χ0v) is 16.3. The standard InChI is InChI=1S/C22H26N4O2/c1-25(2)19(15-17-9-5-3-6-10-17)16-23-22(28)20-13-14-21(27)26(24-20)18-11-7-4-8-12-18/h3-12,19H,13-16H2,1-2H3,(H,23,28)/t19-/m1/s1. The summed E-state index contributed by atoms with van der Waals surface area (Å²) >= 11 is 0. The Labute approximate surface area is 165 Å². The van der Waals surface area contributed by atoms with Crippen molar-refractivity contribution in [2.75, 3.05) is 25.6 Å². The van der Waals surface area contributed by atoms with E-state index < -0.39 is 0 Å².